The molecule has 0 fully saturated rings. The Morgan fingerprint density at radius 2 is 1.54 bits per heavy atom. The van der Waals surface area contributed by atoms with Gasteiger partial charge in [0.1, 0.15) is 0 Å². The summed E-state index contributed by atoms with van der Waals surface area (Å²) in [6, 6.07) is 6.36. The average molecular weight is 192 g/mol. The molecule has 0 radical (unpaired) electrons. The molecule has 1 nitrogen and oxygen atoms in total. The summed E-state index contributed by atoms with van der Waals surface area (Å²) < 4.78 is 35.4. The highest BCUT2D eigenvalue weighted by Gasteiger charge is 2.29. The maximum atomic E-state index is 11.8. The maximum Gasteiger partial charge on any atom is 0.416 e. The minimum atomic E-state index is -4.21. The minimum Gasteiger partial charge on any atom is -0.397 e. The van der Waals surface area contributed by atoms with Crippen molar-refractivity contribution in [3.8, 4) is 0 Å². The van der Waals surface area contributed by atoms with E-state index in [4.69, 9.17) is 5.11 Å². The molecule has 0 saturated carbocycles. The molecule has 0 saturated heterocycles. The van der Waals surface area contributed by atoms with Gasteiger partial charge in [-0.1, -0.05) is 30.3 Å². The zero-order valence-electron chi connectivity index (χ0n) is 7.17. The van der Waals surface area contributed by atoms with Gasteiger partial charge >= 0.3 is 6.18 Å². The van der Waals surface area contributed by atoms with Crippen molar-refractivity contribution >= 4 is 0 Å². The van der Waals surface area contributed by atoms with Gasteiger partial charge in [-0.25, -0.2) is 0 Å². The first-order valence-electron chi connectivity index (χ1n) is 3.75. The monoisotopic (exact) mass is 192 g/mol. The number of hydrogen-bond donors (Lipinski definition) is 1. The molecule has 0 aliphatic rings. The van der Waals surface area contributed by atoms with E-state index in [0.717, 1.165) is 12.1 Å². The number of halogens is 3. The summed E-state index contributed by atoms with van der Waals surface area (Å²) in [5.74, 6) is 0. The van der Waals surface area contributed by atoms with Crippen molar-refractivity contribution in [2.75, 3.05) is 6.61 Å². The van der Waals surface area contributed by atoms with Gasteiger partial charge in [0.05, 0.1) is 5.56 Å². The highest BCUT2D eigenvalue weighted by atomic mass is 19.4. The lowest BCUT2D eigenvalue weighted by Gasteiger charge is -2.03. The minimum absolute atomic E-state index is 0.250. The summed E-state index contributed by atoms with van der Waals surface area (Å²) >= 11 is 0. The van der Waals surface area contributed by atoms with Crippen LogP contribution in [0.3, 0.4) is 0 Å². The van der Waals surface area contributed by atoms with Gasteiger partial charge < -0.3 is 5.11 Å². The van der Waals surface area contributed by atoms with Crippen molar-refractivity contribution in [1.82, 2.24) is 0 Å². The van der Waals surface area contributed by atoms with Crippen LogP contribution in [0.1, 0.15) is 12.5 Å². The highest BCUT2D eigenvalue weighted by Crippen LogP contribution is 2.28. The van der Waals surface area contributed by atoms with Crippen LogP contribution in [0.25, 0.3) is 0 Å². The molecule has 0 aliphatic carbocycles. The first-order chi connectivity index (χ1) is 6.02. The Morgan fingerprint density at radius 1 is 1.15 bits per heavy atom. The lowest BCUT2D eigenvalue weighted by molar-refractivity contribution is -0.137. The first-order valence-corrected chi connectivity index (χ1v) is 3.75. The van der Waals surface area contributed by atoms with E-state index < -0.39 is 11.7 Å². The Kier molecular flexibility index (Phi) is 5.14. The van der Waals surface area contributed by atoms with Gasteiger partial charge in [0, 0.05) is 6.61 Å². The summed E-state index contributed by atoms with van der Waals surface area (Å²) in [6.45, 7) is 1.93. The lowest BCUT2D eigenvalue weighted by Crippen LogP contribution is -2.03. The van der Waals surface area contributed by atoms with Gasteiger partial charge in [-0.2, -0.15) is 13.2 Å². The Bertz CT molecular complexity index is 218. The number of alkyl halides is 3. The van der Waals surface area contributed by atoms with Gasteiger partial charge in [0.25, 0.3) is 0 Å². The van der Waals surface area contributed by atoms with Crippen LogP contribution in [0.2, 0.25) is 0 Å². The molecule has 0 spiro atoms. The van der Waals surface area contributed by atoms with Gasteiger partial charge in [0.15, 0.2) is 0 Å². The smallest absolute Gasteiger partial charge is 0.397 e. The summed E-state index contributed by atoms with van der Waals surface area (Å²) in [4.78, 5) is 0. The van der Waals surface area contributed by atoms with Gasteiger partial charge in [0.2, 0.25) is 0 Å². The summed E-state index contributed by atoms with van der Waals surface area (Å²) in [5.41, 5.74) is -0.602. The molecule has 0 atom stereocenters. The van der Waals surface area contributed by atoms with E-state index in [1.165, 1.54) is 12.1 Å². The molecule has 1 rings (SSSR count). The van der Waals surface area contributed by atoms with Crippen molar-refractivity contribution in [3.63, 3.8) is 0 Å². The quantitative estimate of drug-likeness (QED) is 0.670. The molecule has 0 unspecified atom stereocenters. The Hall–Kier alpha value is -1.03. The van der Waals surface area contributed by atoms with E-state index in [1.54, 1.807) is 13.0 Å². The molecule has 0 aromatic heterocycles. The summed E-state index contributed by atoms with van der Waals surface area (Å²) in [5, 5.41) is 7.57. The molecule has 0 aliphatic heterocycles. The van der Waals surface area contributed by atoms with Crippen molar-refractivity contribution in [2.45, 2.75) is 13.1 Å². The summed E-state index contributed by atoms with van der Waals surface area (Å²) in [6.07, 6.45) is -4.21. The number of benzene rings is 1. The van der Waals surface area contributed by atoms with Crippen molar-refractivity contribution in [1.29, 1.82) is 0 Å². The molecular formula is C9H11F3O. The Morgan fingerprint density at radius 3 is 1.77 bits per heavy atom. The van der Waals surface area contributed by atoms with Crippen LogP contribution in [0.5, 0.6) is 0 Å². The standard InChI is InChI=1S/C7H5F3.C2H6O/c8-7(9,10)6-4-2-1-3-5-6;1-2-3/h1-5H;3H,2H2,1H3. The highest BCUT2D eigenvalue weighted by molar-refractivity contribution is 5.17. The lowest BCUT2D eigenvalue weighted by atomic mass is 10.2. The van der Waals surface area contributed by atoms with Crippen LogP contribution in [-0.2, 0) is 6.18 Å². The van der Waals surface area contributed by atoms with Crippen LogP contribution in [0, 0.1) is 0 Å². The fraction of sp³-hybridized carbons (Fsp3) is 0.333. The normalized spacial score (nSPS) is 10.2. The van der Waals surface area contributed by atoms with Gasteiger partial charge in [-0.15, -0.1) is 0 Å². The predicted octanol–water partition coefficient (Wildman–Crippen LogP) is 2.70. The molecule has 4 heteroatoms. The zero-order valence-corrected chi connectivity index (χ0v) is 7.17. The van der Waals surface area contributed by atoms with Crippen LogP contribution in [0.15, 0.2) is 30.3 Å². The molecule has 13 heavy (non-hydrogen) atoms. The van der Waals surface area contributed by atoms with E-state index in [-0.39, 0.29) is 6.61 Å². The fourth-order valence-corrected chi connectivity index (χ4v) is 0.627. The second kappa shape index (κ2) is 5.59. The zero-order chi connectivity index (χ0) is 10.3. The Balaban J connectivity index is 0.000000424. The molecule has 1 aromatic rings. The number of aliphatic hydroxyl groups is 1. The van der Waals surface area contributed by atoms with E-state index in [2.05, 4.69) is 0 Å². The third-order valence-corrected chi connectivity index (χ3v) is 1.10. The third-order valence-electron chi connectivity index (χ3n) is 1.10. The largest absolute Gasteiger partial charge is 0.416 e. The molecule has 1 N–H and O–H groups in total. The number of rotatable bonds is 0. The molecule has 0 amide bonds. The van der Waals surface area contributed by atoms with Gasteiger partial charge in [-0.05, 0) is 6.92 Å². The molecule has 74 valence electrons. The van der Waals surface area contributed by atoms with Crippen LogP contribution in [-0.4, -0.2) is 11.7 Å². The second-order valence-electron chi connectivity index (χ2n) is 2.18. The summed E-state index contributed by atoms with van der Waals surface area (Å²) in [7, 11) is 0. The van der Waals surface area contributed by atoms with Crippen LogP contribution < -0.4 is 0 Å². The van der Waals surface area contributed by atoms with E-state index in [0.29, 0.717) is 0 Å². The Labute approximate surface area is 74.8 Å². The maximum absolute atomic E-state index is 11.8. The van der Waals surface area contributed by atoms with Crippen LogP contribution >= 0.6 is 0 Å². The van der Waals surface area contributed by atoms with Crippen molar-refractivity contribution < 1.29 is 18.3 Å². The van der Waals surface area contributed by atoms with Crippen LogP contribution in [0.4, 0.5) is 13.2 Å². The topological polar surface area (TPSA) is 20.2 Å². The average Bonchev–Trinajstić information content (AvgIpc) is 2.06. The number of aliphatic hydroxyl groups excluding tert-OH is 1. The second-order valence-corrected chi connectivity index (χ2v) is 2.18. The number of hydrogen-bond acceptors (Lipinski definition) is 1. The van der Waals surface area contributed by atoms with Crippen molar-refractivity contribution in [2.24, 2.45) is 0 Å². The van der Waals surface area contributed by atoms with E-state index in [1.807, 2.05) is 0 Å². The predicted molar refractivity (Wildman–Crippen MR) is 44.2 cm³/mol. The van der Waals surface area contributed by atoms with E-state index in [9.17, 15) is 13.2 Å². The van der Waals surface area contributed by atoms with Gasteiger partial charge in [-0.3, -0.25) is 0 Å². The fourth-order valence-electron chi connectivity index (χ4n) is 0.627. The molecule has 1 aromatic carbocycles. The first kappa shape index (κ1) is 12.0. The molecular weight excluding hydrogens is 181 g/mol. The SMILES string of the molecule is CCO.FC(F)(F)c1ccccc1. The van der Waals surface area contributed by atoms with E-state index >= 15 is 0 Å². The third kappa shape index (κ3) is 5.25. The van der Waals surface area contributed by atoms with Crippen molar-refractivity contribution in [3.05, 3.63) is 35.9 Å². The molecule has 0 bridgehead atoms. The molecule has 0 heterocycles.